The number of rotatable bonds is 6. The van der Waals surface area contributed by atoms with E-state index in [1.54, 1.807) is 6.20 Å². The van der Waals surface area contributed by atoms with Crippen molar-refractivity contribution < 1.29 is 5.11 Å². The topological polar surface area (TPSA) is 38.0 Å². The zero-order chi connectivity index (χ0) is 9.52. The van der Waals surface area contributed by atoms with E-state index in [0.29, 0.717) is 0 Å². The number of hydrogen-bond donors (Lipinski definition) is 1. The van der Waals surface area contributed by atoms with Gasteiger partial charge < -0.3 is 9.67 Å². The van der Waals surface area contributed by atoms with Crippen LogP contribution in [0.1, 0.15) is 32.6 Å². The summed E-state index contributed by atoms with van der Waals surface area (Å²) >= 11 is 0. The van der Waals surface area contributed by atoms with Crippen LogP contribution in [0.5, 0.6) is 0 Å². The highest BCUT2D eigenvalue weighted by molar-refractivity contribution is 4.73. The van der Waals surface area contributed by atoms with Crippen LogP contribution in [0.25, 0.3) is 0 Å². The Morgan fingerprint density at radius 2 is 2.23 bits per heavy atom. The van der Waals surface area contributed by atoms with Crippen LogP contribution in [0, 0.1) is 0 Å². The van der Waals surface area contributed by atoms with Crippen molar-refractivity contribution in [3.63, 3.8) is 0 Å². The molecule has 1 N–H and O–H groups in total. The summed E-state index contributed by atoms with van der Waals surface area (Å²) in [5, 5.41) is 9.02. The van der Waals surface area contributed by atoms with E-state index in [4.69, 9.17) is 5.11 Å². The van der Waals surface area contributed by atoms with Crippen LogP contribution < -0.4 is 0 Å². The molecule has 0 saturated heterocycles. The van der Waals surface area contributed by atoms with E-state index in [-0.39, 0.29) is 6.10 Å². The lowest BCUT2D eigenvalue weighted by Gasteiger charge is -2.04. The Labute approximate surface area is 79.4 Å². The second kappa shape index (κ2) is 5.75. The average Bonchev–Trinajstić information content (AvgIpc) is 2.55. The Bertz CT molecular complexity index is 207. The molecule has 0 spiro atoms. The Morgan fingerprint density at radius 1 is 1.38 bits per heavy atom. The highest BCUT2D eigenvalue weighted by Crippen LogP contribution is 2.04. The van der Waals surface area contributed by atoms with Crippen molar-refractivity contribution in [2.75, 3.05) is 0 Å². The second-order valence-corrected chi connectivity index (χ2v) is 3.50. The first-order valence-electron chi connectivity index (χ1n) is 4.93. The van der Waals surface area contributed by atoms with Crippen molar-refractivity contribution in [3.8, 4) is 0 Å². The molecule has 0 aliphatic carbocycles. The SMILES string of the molecule is CC(O)CCCCCn1ccnc1. The Kier molecular flexibility index (Phi) is 4.54. The molecule has 0 saturated carbocycles. The predicted octanol–water partition coefficient (Wildman–Crippen LogP) is 1.82. The number of aryl methyl sites for hydroxylation is 1. The number of aliphatic hydroxyl groups is 1. The molecule has 1 rings (SSSR count). The normalized spacial score (nSPS) is 13.1. The standard InChI is InChI=1S/C10H18N2O/c1-10(13)5-3-2-4-7-12-8-6-11-9-12/h6,8-10,13H,2-5,7H2,1H3. The summed E-state index contributed by atoms with van der Waals surface area (Å²) in [4.78, 5) is 3.97. The van der Waals surface area contributed by atoms with Gasteiger partial charge in [0.2, 0.25) is 0 Å². The maximum absolute atomic E-state index is 9.02. The van der Waals surface area contributed by atoms with Crippen molar-refractivity contribution >= 4 is 0 Å². The van der Waals surface area contributed by atoms with Gasteiger partial charge in [0.25, 0.3) is 0 Å². The van der Waals surface area contributed by atoms with Gasteiger partial charge in [0.15, 0.2) is 0 Å². The summed E-state index contributed by atoms with van der Waals surface area (Å²) in [5.74, 6) is 0. The number of unbranched alkanes of at least 4 members (excludes halogenated alkanes) is 2. The fraction of sp³-hybridized carbons (Fsp3) is 0.700. The van der Waals surface area contributed by atoms with E-state index in [0.717, 1.165) is 19.4 Å². The third-order valence-corrected chi connectivity index (χ3v) is 2.10. The van der Waals surface area contributed by atoms with Crippen LogP contribution in [0.2, 0.25) is 0 Å². The Morgan fingerprint density at radius 3 is 2.85 bits per heavy atom. The third-order valence-electron chi connectivity index (χ3n) is 2.10. The molecule has 3 nitrogen and oxygen atoms in total. The average molecular weight is 182 g/mol. The zero-order valence-electron chi connectivity index (χ0n) is 8.19. The van der Waals surface area contributed by atoms with Gasteiger partial charge in [-0.15, -0.1) is 0 Å². The van der Waals surface area contributed by atoms with E-state index >= 15 is 0 Å². The van der Waals surface area contributed by atoms with E-state index in [1.807, 2.05) is 19.4 Å². The highest BCUT2D eigenvalue weighted by atomic mass is 16.3. The van der Waals surface area contributed by atoms with Crippen LogP contribution in [-0.4, -0.2) is 20.8 Å². The monoisotopic (exact) mass is 182 g/mol. The van der Waals surface area contributed by atoms with Crippen LogP contribution in [0.3, 0.4) is 0 Å². The maximum atomic E-state index is 9.02. The van der Waals surface area contributed by atoms with E-state index in [1.165, 1.54) is 12.8 Å². The number of imidazole rings is 1. The van der Waals surface area contributed by atoms with Gasteiger partial charge in [-0.25, -0.2) is 4.98 Å². The van der Waals surface area contributed by atoms with Crippen molar-refractivity contribution in [2.45, 2.75) is 45.3 Å². The molecule has 0 radical (unpaired) electrons. The van der Waals surface area contributed by atoms with E-state index < -0.39 is 0 Å². The molecule has 1 atom stereocenters. The molecule has 3 heteroatoms. The van der Waals surface area contributed by atoms with E-state index in [9.17, 15) is 0 Å². The van der Waals surface area contributed by atoms with Crippen LogP contribution in [-0.2, 0) is 6.54 Å². The largest absolute Gasteiger partial charge is 0.393 e. The Balaban J connectivity index is 1.96. The molecule has 1 unspecified atom stereocenters. The van der Waals surface area contributed by atoms with Gasteiger partial charge >= 0.3 is 0 Å². The van der Waals surface area contributed by atoms with E-state index in [2.05, 4.69) is 9.55 Å². The molecule has 0 aromatic carbocycles. The van der Waals surface area contributed by atoms with Gasteiger partial charge in [-0.05, 0) is 19.8 Å². The van der Waals surface area contributed by atoms with Gasteiger partial charge in [0, 0.05) is 18.9 Å². The number of hydrogen-bond acceptors (Lipinski definition) is 2. The van der Waals surface area contributed by atoms with Crippen molar-refractivity contribution in [1.82, 2.24) is 9.55 Å². The molecule has 1 aromatic rings. The molecule has 0 bridgehead atoms. The summed E-state index contributed by atoms with van der Waals surface area (Å²) in [7, 11) is 0. The molecule has 1 heterocycles. The molecular weight excluding hydrogens is 164 g/mol. The van der Waals surface area contributed by atoms with Gasteiger partial charge in [0.05, 0.1) is 12.4 Å². The first-order chi connectivity index (χ1) is 6.29. The first kappa shape index (κ1) is 10.3. The Hall–Kier alpha value is -0.830. The number of aromatic nitrogens is 2. The lowest BCUT2D eigenvalue weighted by Crippen LogP contribution is -1.99. The first-order valence-corrected chi connectivity index (χ1v) is 4.93. The maximum Gasteiger partial charge on any atom is 0.0945 e. The smallest absolute Gasteiger partial charge is 0.0945 e. The van der Waals surface area contributed by atoms with Crippen LogP contribution in [0.15, 0.2) is 18.7 Å². The minimum Gasteiger partial charge on any atom is -0.393 e. The molecule has 74 valence electrons. The fourth-order valence-corrected chi connectivity index (χ4v) is 1.33. The van der Waals surface area contributed by atoms with Gasteiger partial charge in [0.1, 0.15) is 0 Å². The van der Waals surface area contributed by atoms with Crippen molar-refractivity contribution in [3.05, 3.63) is 18.7 Å². The molecular formula is C10H18N2O. The van der Waals surface area contributed by atoms with Crippen LogP contribution in [0.4, 0.5) is 0 Å². The number of aliphatic hydroxyl groups excluding tert-OH is 1. The molecule has 1 aromatic heterocycles. The molecule has 0 amide bonds. The third kappa shape index (κ3) is 4.68. The molecule has 0 aliphatic rings. The fourth-order valence-electron chi connectivity index (χ4n) is 1.33. The summed E-state index contributed by atoms with van der Waals surface area (Å²) in [6.07, 6.45) is 9.87. The quantitative estimate of drug-likeness (QED) is 0.681. The minimum atomic E-state index is -0.145. The second-order valence-electron chi connectivity index (χ2n) is 3.50. The van der Waals surface area contributed by atoms with Gasteiger partial charge in [-0.2, -0.15) is 0 Å². The van der Waals surface area contributed by atoms with Gasteiger partial charge in [-0.1, -0.05) is 12.8 Å². The highest BCUT2D eigenvalue weighted by Gasteiger charge is 1.95. The van der Waals surface area contributed by atoms with Crippen LogP contribution >= 0.6 is 0 Å². The summed E-state index contributed by atoms with van der Waals surface area (Å²) in [5.41, 5.74) is 0. The molecule has 0 aliphatic heterocycles. The molecule has 13 heavy (non-hydrogen) atoms. The van der Waals surface area contributed by atoms with Crippen molar-refractivity contribution in [1.29, 1.82) is 0 Å². The van der Waals surface area contributed by atoms with Gasteiger partial charge in [-0.3, -0.25) is 0 Å². The number of nitrogens with zero attached hydrogens (tertiary/aromatic N) is 2. The summed E-state index contributed by atoms with van der Waals surface area (Å²) in [6, 6.07) is 0. The lowest BCUT2D eigenvalue weighted by molar-refractivity contribution is 0.180. The minimum absolute atomic E-state index is 0.145. The summed E-state index contributed by atoms with van der Waals surface area (Å²) in [6.45, 7) is 2.88. The molecule has 0 fully saturated rings. The lowest BCUT2D eigenvalue weighted by atomic mass is 10.1. The van der Waals surface area contributed by atoms with Crippen molar-refractivity contribution in [2.24, 2.45) is 0 Å². The zero-order valence-corrected chi connectivity index (χ0v) is 8.19. The summed E-state index contributed by atoms with van der Waals surface area (Å²) < 4.78 is 2.09. The predicted molar refractivity (Wildman–Crippen MR) is 52.4 cm³/mol.